The Labute approximate surface area is 77.7 Å². The van der Waals surface area contributed by atoms with Gasteiger partial charge in [0.15, 0.2) is 0 Å². The molecule has 4 heteroatoms. The van der Waals surface area contributed by atoms with E-state index in [-0.39, 0.29) is 10.9 Å². The highest BCUT2D eigenvalue weighted by atomic mass is 79.9. The van der Waals surface area contributed by atoms with Crippen molar-refractivity contribution < 1.29 is 9.45 Å². The highest BCUT2D eigenvalue weighted by Crippen LogP contribution is 2.24. The van der Waals surface area contributed by atoms with Crippen molar-refractivity contribution in [1.82, 2.24) is 0 Å². The van der Waals surface area contributed by atoms with Gasteiger partial charge in [-0.05, 0) is 22.0 Å². The Bertz CT molecular complexity index is 329. The SMILES string of the molecule is [O-][NH+]1CCc2cc(F)c(Br)cc21. The smallest absolute Gasteiger partial charge is 0.138 e. The molecule has 0 saturated carbocycles. The van der Waals surface area contributed by atoms with E-state index in [1.165, 1.54) is 6.07 Å². The zero-order valence-electron chi connectivity index (χ0n) is 6.23. The summed E-state index contributed by atoms with van der Waals surface area (Å²) in [5, 5.41) is 11.3. The van der Waals surface area contributed by atoms with E-state index >= 15 is 0 Å². The molecule has 1 atom stereocenters. The Kier molecular flexibility index (Phi) is 1.90. The summed E-state index contributed by atoms with van der Waals surface area (Å²) in [7, 11) is 0. The van der Waals surface area contributed by atoms with Gasteiger partial charge in [0.05, 0.1) is 11.0 Å². The predicted octanol–water partition coefficient (Wildman–Crippen LogP) is 1.16. The first kappa shape index (κ1) is 8.16. The molecule has 0 radical (unpaired) electrons. The van der Waals surface area contributed by atoms with Gasteiger partial charge in [-0.3, -0.25) is 0 Å². The van der Waals surface area contributed by atoms with Crippen LogP contribution in [0.4, 0.5) is 10.1 Å². The van der Waals surface area contributed by atoms with Gasteiger partial charge in [0.1, 0.15) is 11.5 Å². The van der Waals surface area contributed by atoms with Crippen molar-refractivity contribution in [3.63, 3.8) is 0 Å². The molecule has 2 rings (SSSR count). The molecule has 0 fully saturated rings. The number of fused-ring (bicyclic) bond motifs is 1. The number of hydrogen-bond acceptors (Lipinski definition) is 1. The lowest BCUT2D eigenvalue weighted by atomic mass is 10.2. The highest BCUT2D eigenvalue weighted by Gasteiger charge is 2.20. The average Bonchev–Trinajstić information content (AvgIpc) is 2.35. The molecule has 1 aromatic rings. The van der Waals surface area contributed by atoms with Crippen LogP contribution < -0.4 is 5.06 Å². The van der Waals surface area contributed by atoms with Crippen LogP contribution in [0.15, 0.2) is 16.6 Å². The summed E-state index contributed by atoms with van der Waals surface area (Å²) in [6.07, 6.45) is 0.679. The molecular formula is C8H7BrFNO. The molecule has 1 aliphatic rings. The molecule has 1 unspecified atom stereocenters. The number of hydroxylamine groups is 1. The van der Waals surface area contributed by atoms with Crippen molar-refractivity contribution in [2.45, 2.75) is 6.42 Å². The van der Waals surface area contributed by atoms with Gasteiger partial charge in [0.2, 0.25) is 0 Å². The summed E-state index contributed by atoms with van der Waals surface area (Å²) in [6.45, 7) is 0.519. The van der Waals surface area contributed by atoms with E-state index < -0.39 is 0 Å². The second kappa shape index (κ2) is 2.80. The molecule has 1 heterocycles. The Morgan fingerprint density at radius 3 is 3.00 bits per heavy atom. The van der Waals surface area contributed by atoms with Gasteiger partial charge in [0, 0.05) is 18.1 Å². The van der Waals surface area contributed by atoms with E-state index in [2.05, 4.69) is 15.9 Å². The van der Waals surface area contributed by atoms with Crippen LogP contribution in [-0.2, 0) is 6.42 Å². The Morgan fingerprint density at radius 1 is 1.50 bits per heavy atom. The third-order valence-corrected chi connectivity index (χ3v) is 2.68. The van der Waals surface area contributed by atoms with Crippen LogP contribution in [-0.4, -0.2) is 6.54 Å². The second-order valence-corrected chi connectivity index (χ2v) is 3.70. The maximum absolute atomic E-state index is 12.9. The zero-order chi connectivity index (χ0) is 8.72. The van der Waals surface area contributed by atoms with Gasteiger partial charge < -0.3 is 10.3 Å². The molecule has 0 aliphatic carbocycles. The summed E-state index contributed by atoms with van der Waals surface area (Å²) in [5.41, 5.74) is 1.50. The maximum Gasteiger partial charge on any atom is 0.138 e. The summed E-state index contributed by atoms with van der Waals surface area (Å²) >= 11 is 3.05. The number of quaternary nitrogens is 1. The first-order valence-corrected chi connectivity index (χ1v) is 4.49. The fourth-order valence-electron chi connectivity index (χ4n) is 1.44. The van der Waals surface area contributed by atoms with E-state index in [9.17, 15) is 9.60 Å². The van der Waals surface area contributed by atoms with Gasteiger partial charge in [-0.25, -0.2) is 4.39 Å². The van der Waals surface area contributed by atoms with Crippen molar-refractivity contribution in [3.05, 3.63) is 33.2 Å². The fraction of sp³-hybridized carbons (Fsp3) is 0.250. The molecule has 1 N–H and O–H groups in total. The van der Waals surface area contributed by atoms with Crippen LogP contribution in [0.3, 0.4) is 0 Å². The van der Waals surface area contributed by atoms with Crippen molar-refractivity contribution in [1.29, 1.82) is 0 Å². The van der Waals surface area contributed by atoms with Gasteiger partial charge in [-0.1, -0.05) is 0 Å². The number of hydrogen-bond donors (Lipinski definition) is 1. The molecule has 0 bridgehead atoms. The number of halogens is 2. The molecule has 64 valence electrons. The summed E-state index contributed by atoms with van der Waals surface area (Å²) in [6, 6.07) is 3.00. The van der Waals surface area contributed by atoms with Gasteiger partial charge in [-0.15, -0.1) is 0 Å². The van der Waals surface area contributed by atoms with E-state index in [1.807, 2.05) is 0 Å². The molecule has 0 amide bonds. The van der Waals surface area contributed by atoms with E-state index in [1.54, 1.807) is 6.07 Å². The lowest BCUT2D eigenvalue weighted by Gasteiger charge is -2.15. The maximum atomic E-state index is 12.9. The molecule has 1 aliphatic heterocycles. The first-order chi connectivity index (χ1) is 5.68. The molecular weight excluding hydrogens is 225 g/mol. The van der Waals surface area contributed by atoms with E-state index in [0.717, 1.165) is 5.56 Å². The highest BCUT2D eigenvalue weighted by molar-refractivity contribution is 9.10. The number of rotatable bonds is 0. The quantitative estimate of drug-likeness (QED) is 0.667. The second-order valence-electron chi connectivity index (χ2n) is 2.85. The van der Waals surface area contributed by atoms with Crippen LogP contribution >= 0.6 is 15.9 Å². The van der Waals surface area contributed by atoms with Gasteiger partial charge in [0.25, 0.3) is 0 Å². The van der Waals surface area contributed by atoms with Crippen molar-refractivity contribution >= 4 is 21.6 Å². The minimum absolute atomic E-state index is 0.116. The molecule has 12 heavy (non-hydrogen) atoms. The van der Waals surface area contributed by atoms with Crippen LogP contribution in [0.2, 0.25) is 0 Å². The first-order valence-electron chi connectivity index (χ1n) is 3.69. The van der Waals surface area contributed by atoms with Gasteiger partial charge >= 0.3 is 0 Å². The third kappa shape index (κ3) is 1.16. The fourth-order valence-corrected chi connectivity index (χ4v) is 1.78. The number of benzene rings is 1. The molecule has 2 nitrogen and oxygen atoms in total. The summed E-state index contributed by atoms with van der Waals surface area (Å²) in [5.74, 6) is -0.288. The lowest BCUT2D eigenvalue weighted by molar-refractivity contribution is -0.768. The van der Waals surface area contributed by atoms with E-state index in [0.29, 0.717) is 23.1 Å². The molecule has 1 aromatic carbocycles. The van der Waals surface area contributed by atoms with Gasteiger partial charge in [-0.2, -0.15) is 0 Å². The lowest BCUT2D eigenvalue weighted by Crippen LogP contribution is -3.00. The van der Waals surface area contributed by atoms with Crippen LogP contribution in [0.25, 0.3) is 0 Å². The molecule has 0 aromatic heterocycles. The van der Waals surface area contributed by atoms with Crippen molar-refractivity contribution in [2.24, 2.45) is 0 Å². The minimum Gasteiger partial charge on any atom is -0.629 e. The number of nitrogens with one attached hydrogen (secondary N) is 1. The normalized spacial score (nSPS) is 21.1. The Hall–Kier alpha value is -0.450. The third-order valence-electron chi connectivity index (χ3n) is 2.07. The molecule has 0 spiro atoms. The zero-order valence-corrected chi connectivity index (χ0v) is 7.82. The predicted molar refractivity (Wildman–Crippen MR) is 46.7 cm³/mol. The standard InChI is InChI=1S/C8H7BrFNO/c9-6-4-8-5(3-7(6)10)1-2-11(8)12/h3-4,11H,1-2H2. The van der Waals surface area contributed by atoms with Crippen LogP contribution in [0.1, 0.15) is 5.56 Å². The van der Waals surface area contributed by atoms with Crippen LogP contribution in [0.5, 0.6) is 0 Å². The van der Waals surface area contributed by atoms with Crippen LogP contribution in [0, 0.1) is 11.0 Å². The monoisotopic (exact) mass is 231 g/mol. The summed E-state index contributed by atoms with van der Waals surface area (Å²) in [4.78, 5) is 0. The largest absolute Gasteiger partial charge is 0.629 e. The van der Waals surface area contributed by atoms with Crippen molar-refractivity contribution in [2.75, 3.05) is 6.54 Å². The minimum atomic E-state index is -0.288. The molecule has 0 saturated heterocycles. The Balaban J connectivity index is 2.56. The summed E-state index contributed by atoms with van der Waals surface area (Å²) < 4.78 is 13.3. The Morgan fingerprint density at radius 2 is 2.25 bits per heavy atom. The van der Waals surface area contributed by atoms with Crippen molar-refractivity contribution in [3.8, 4) is 0 Å². The van der Waals surface area contributed by atoms with E-state index in [4.69, 9.17) is 0 Å². The average molecular weight is 232 g/mol. The topological polar surface area (TPSA) is 27.5 Å².